The number of aliphatic hydroxyl groups excluding tert-OH is 1. The first-order valence-corrected chi connectivity index (χ1v) is 6.22. The molecule has 1 fully saturated rings. The molecule has 2 N–H and O–H groups in total. The van der Waals surface area contributed by atoms with Crippen LogP contribution in [0.5, 0.6) is 0 Å². The second-order valence-corrected chi connectivity index (χ2v) is 4.86. The van der Waals surface area contributed by atoms with Crippen LogP contribution < -0.4 is 5.32 Å². The van der Waals surface area contributed by atoms with Crippen molar-refractivity contribution in [3.63, 3.8) is 0 Å². The number of hydrogen-bond acceptors (Lipinski definition) is 3. The quantitative estimate of drug-likeness (QED) is 0.724. The first-order chi connectivity index (χ1) is 7.58. The standard InChI is InChI=1S/C12H24N2O2/c1-4-10(3)13-12(16)7-14-6-5-9(2)11(14)8-15/h9-11,15H,4-8H2,1-3H3,(H,13,16). The number of hydrogen-bond donors (Lipinski definition) is 2. The zero-order chi connectivity index (χ0) is 12.1. The van der Waals surface area contributed by atoms with Crippen molar-refractivity contribution in [1.29, 1.82) is 0 Å². The number of nitrogens with zero attached hydrogens (tertiary/aromatic N) is 1. The smallest absolute Gasteiger partial charge is 0.234 e. The normalized spacial score (nSPS) is 28.0. The second-order valence-electron chi connectivity index (χ2n) is 4.86. The van der Waals surface area contributed by atoms with Gasteiger partial charge in [-0.25, -0.2) is 0 Å². The van der Waals surface area contributed by atoms with Crippen LogP contribution in [-0.4, -0.2) is 47.7 Å². The van der Waals surface area contributed by atoms with E-state index in [9.17, 15) is 9.90 Å². The van der Waals surface area contributed by atoms with Crippen LogP contribution in [0.1, 0.15) is 33.6 Å². The Bertz CT molecular complexity index is 233. The number of amides is 1. The summed E-state index contributed by atoms with van der Waals surface area (Å²) in [4.78, 5) is 13.8. The van der Waals surface area contributed by atoms with Gasteiger partial charge < -0.3 is 10.4 Å². The summed E-state index contributed by atoms with van der Waals surface area (Å²) in [5.74, 6) is 0.559. The zero-order valence-electron chi connectivity index (χ0n) is 10.6. The molecule has 0 saturated carbocycles. The van der Waals surface area contributed by atoms with E-state index < -0.39 is 0 Å². The number of rotatable bonds is 5. The molecule has 1 amide bonds. The van der Waals surface area contributed by atoms with E-state index in [0.29, 0.717) is 12.5 Å². The fourth-order valence-corrected chi connectivity index (χ4v) is 2.19. The molecule has 0 radical (unpaired) electrons. The summed E-state index contributed by atoms with van der Waals surface area (Å²) in [6.07, 6.45) is 2.02. The van der Waals surface area contributed by atoms with Gasteiger partial charge in [0, 0.05) is 12.1 Å². The SMILES string of the molecule is CCC(C)NC(=O)CN1CCC(C)C1CO. The van der Waals surface area contributed by atoms with Crippen molar-refractivity contribution >= 4 is 5.91 Å². The van der Waals surface area contributed by atoms with Crippen LogP contribution in [0.4, 0.5) is 0 Å². The number of nitrogens with one attached hydrogen (secondary N) is 1. The molecule has 1 rings (SSSR count). The first kappa shape index (κ1) is 13.5. The average molecular weight is 228 g/mol. The van der Waals surface area contributed by atoms with Crippen molar-refractivity contribution in [2.75, 3.05) is 19.7 Å². The van der Waals surface area contributed by atoms with Crippen molar-refractivity contribution < 1.29 is 9.90 Å². The van der Waals surface area contributed by atoms with Crippen LogP contribution in [0.3, 0.4) is 0 Å². The average Bonchev–Trinajstić information content (AvgIpc) is 2.58. The van der Waals surface area contributed by atoms with E-state index in [0.717, 1.165) is 19.4 Å². The maximum absolute atomic E-state index is 11.7. The zero-order valence-corrected chi connectivity index (χ0v) is 10.6. The Labute approximate surface area is 98.0 Å². The van der Waals surface area contributed by atoms with E-state index >= 15 is 0 Å². The highest BCUT2D eigenvalue weighted by molar-refractivity contribution is 5.78. The predicted octanol–water partition coefficient (Wildman–Crippen LogP) is 0.604. The van der Waals surface area contributed by atoms with E-state index in [2.05, 4.69) is 24.1 Å². The number of aliphatic hydroxyl groups is 1. The molecular formula is C12H24N2O2. The van der Waals surface area contributed by atoms with Crippen LogP contribution in [0.25, 0.3) is 0 Å². The molecule has 1 aliphatic heterocycles. The van der Waals surface area contributed by atoms with Crippen LogP contribution in [0.2, 0.25) is 0 Å². The van der Waals surface area contributed by atoms with Gasteiger partial charge in [-0.3, -0.25) is 9.69 Å². The van der Waals surface area contributed by atoms with Gasteiger partial charge in [0.2, 0.25) is 5.91 Å². The van der Waals surface area contributed by atoms with Gasteiger partial charge in [0.25, 0.3) is 0 Å². The van der Waals surface area contributed by atoms with Crippen molar-refractivity contribution in [2.24, 2.45) is 5.92 Å². The third kappa shape index (κ3) is 3.46. The van der Waals surface area contributed by atoms with Crippen molar-refractivity contribution in [2.45, 2.75) is 45.7 Å². The first-order valence-electron chi connectivity index (χ1n) is 6.22. The molecule has 0 bridgehead atoms. The third-order valence-electron chi connectivity index (χ3n) is 3.55. The summed E-state index contributed by atoms with van der Waals surface area (Å²) in [6, 6.07) is 0.391. The maximum atomic E-state index is 11.7. The minimum Gasteiger partial charge on any atom is -0.395 e. The molecule has 1 heterocycles. The minimum absolute atomic E-state index is 0.0712. The fraction of sp³-hybridized carbons (Fsp3) is 0.917. The highest BCUT2D eigenvalue weighted by atomic mass is 16.3. The van der Waals surface area contributed by atoms with Crippen molar-refractivity contribution in [1.82, 2.24) is 10.2 Å². The second kappa shape index (κ2) is 6.21. The third-order valence-corrected chi connectivity index (χ3v) is 3.55. The summed E-state index contributed by atoms with van der Waals surface area (Å²) in [5, 5.41) is 12.2. The Kier molecular flexibility index (Phi) is 5.22. The lowest BCUT2D eigenvalue weighted by atomic mass is 10.0. The Hall–Kier alpha value is -0.610. The van der Waals surface area contributed by atoms with Gasteiger partial charge in [-0.2, -0.15) is 0 Å². The van der Waals surface area contributed by atoms with E-state index in [1.54, 1.807) is 0 Å². The molecule has 0 aromatic rings. The summed E-state index contributed by atoms with van der Waals surface area (Å²) in [5.41, 5.74) is 0. The monoisotopic (exact) mass is 228 g/mol. The van der Waals surface area contributed by atoms with Gasteiger partial charge in [-0.15, -0.1) is 0 Å². The lowest BCUT2D eigenvalue weighted by Gasteiger charge is -2.25. The molecule has 3 atom stereocenters. The van der Waals surface area contributed by atoms with Gasteiger partial charge in [0.1, 0.15) is 0 Å². The largest absolute Gasteiger partial charge is 0.395 e. The van der Waals surface area contributed by atoms with Crippen LogP contribution in [0, 0.1) is 5.92 Å². The number of likely N-dealkylation sites (tertiary alicyclic amines) is 1. The van der Waals surface area contributed by atoms with E-state index in [4.69, 9.17) is 0 Å². The lowest BCUT2D eigenvalue weighted by molar-refractivity contribution is -0.123. The molecule has 4 nitrogen and oxygen atoms in total. The molecule has 3 unspecified atom stereocenters. The highest BCUT2D eigenvalue weighted by Gasteiger charge is 2.31. The van der Waals surface area contributed by atoms with Gasteiger partial charge >= 0.3 is 0 Å². The molecule has 1 aliphatic rings. The summed E-state index contributed by atoms with van der Waals surface area (Å²) >= 11 is 0. The Morgan fingerprint density at radius 2 is 2.31 bits per heavy atom. The van der Waals surface area contributed by atoms with Gasteiger partial charge in [-0.05, 0) is 32.2 Å². The Balaban J connectivity index is 2.39. The Morgan fingerprint density at radius 3 is 2.88 bits per heavy atom. The van der Waals surface area contributed by atoms with E-state index in [1.807, 2.05) is 6.92 Å². The molecule has 0 spiro atoms. The lowest BCUT2D eigenvalue weighted by Crippen LogP contribution is -2.44. The predicted molar refractivity (Wildman–Crippen MR) is 64.1 cm³/mol. The van der Waals surface area contributed by atoms with Gasteiger partial charge in [0.15, 0.2) is 0 Å². The van der Waals surface area contributed by atoms with Crippen LogP contribution >= 0.6 is 0 Å². The van der Waals surface area contributed by atoms with Gasteiger partial charge in [0.05, 0.1) is 13.2 Å². The summed E-state index contributed by atoms with van der Waals surface area (Å²) in [6.45, 7) is 7.68. The van der Waals surface area contributed by atoms with Crippen molar-refractivity contribution in [3.05, 3.63) is 0 Å². The van der Waals surface area contributed by atoms with Crippen molar-refractivity contribution in [3.8, 4) is 0 Å². The topological polar surface area (TPSA) is 52.6 Å². The van der Waals surface area contributed by atoms with Gasteiger partial charge in [-0.1, -0.05) is 13.8 Å². The molecule has 1 saturated heterocycles. The summed E-state index contributed by atoms with van der Waals surface area (Å²) in [7, 11) is 0. The van der Waals surface area contributed by atoms with Crippen LogP contribution in [-0.2, 0) is 4.79 Å². The molecule has 0 aromatic carbocycles. The number of carbonyl (C=O) groups is 1. The number of carbonyl (C=O) groups excluding carboxylic acids is 1. The molecule has 16 heavy (non-hydrogen) atoms. The Morgan fingerprint density at radius 1 is 1.62 bits per heavy atom. The van der Waals surface area contributed by atoms with E-state index in [1.165, 1.54) is 0 Å². The minimum atomic E-state index is 0.0712. The molecule has 4 heteroatoms. The fourth-order valence-electron chi connectivity index (χ4n) is 2.19. The van der Waals surface area contributed by atoms with E-state index in [-0.39, 0.29) is 24.6 Å². The maximum Gasteiger partial charge on any atom is 0.234 e. The van der Waals surface area contributed by atoms with Crippen LogP contribution in [0.15, 0.2) is 0 Å². The highest BCUT2D eigenvalue weighted by Crippen LogP contribution is 2.22. The molecular weight excluding hydrogens is 204 g/mol. The molecule has 0 aromatic heterocycles. The molecule has 0 aliphatic carbocycles. The summed E-state index contributed by atoms with van der Waals surface area (Å²) < 4.78 is 0. The molecule has 94 valence electrons.